The van der Waals surface area contributed by atoms with Gasteiger partial charge in [-0.3, -0.25) is 9.88 Å². The Kier molecular flexibility index (Phi) is 5.37. The van der Waals surface area contributed by atoms with E-state index in [1.165, 1.54) is 12.3 Å². The number of hydrogen-bond donors (Lipinski definition) is 2. The number of ether oxygens (including phenoxy) is 1. The first-order valence-corrected chi connectivity index (χ1v) is 14.6. The molecule has 1 saturated carbocycles. The first-order valence-electron chi connectivity index (χ1n) is 15.6. The zero-order chi connectivity index (χ0) is 29.7. The Morgan fingerprint density at radius 1 is 1.17 bits per heavy atom. The van der Waals surface area contributed by atoms with Crippen molar-refractivity contribution in [2.45, 2.75) is 74.7 Å². The van der Waals surface area contributed by atoms with Crippen molar-refractivity contribution in [3.8, 4) is 23.0 Å². The molecule has 7 heterocycles. The van der Waals surface area contributed by atoms with Crippen LogP contribution in [-0.4, -0.2) is 81.5 Å². The molecule has 11 heteroatoms. The summed E-state index contributed by atoms with van der Waals surface area (Å²) in [7, 11) is 0. The zero-order valence-corrected chi connectivity index (χ0v) is 22.5. The van der Waals surface area contributed by atoms with Gasteiger partial charge in [0.15, 0.2) is 5.82 Å². The minimum Gasteiger partial charge on any atom is -0.508 e. The van der Waals surface area contributed by atoms with E-state index in [1.54, 1.807) is 0 Å². The second kappa shape index (κ2) is 9.42. The van der Waals surface area contributed by atoms with E-state index >= 15 is 8.78 Å². The maximum absolute atomic E-state index is 16.6. The second-order valence-electron chi connectivity index (χ2n) is 12.3. The Bertz CT molecular complexity index is 1620. The number of piperazine rings is 1. The maximum atomic E-state index is 16.6. The van der Waals surface area contributed by atoms with Gasteiger partial charge in [0, 0.05) is 61.5 Å². The zero-order valence-electron chi connectivity index (χ0n) is 24.5. The van der Waals surface area contributed by atoms with Crippen molar-refractivity contribution in [3.63, 3.8) is 0 Å². The van der Waals surface area contributed by atoms with Crippen LogP contribution in [0, 0.1) is 11.6 Å². The van der Waals surface area contributed by atoms with Crippen LogP contribution in [0.4, 0.5) is 19.0 Å². The van der Waals surface area contributed by atoms with E-state index in [2.05, 4.69) is 25.2 Å². The number of hydrogen-bond acceptors (Lipinski definition) is 8. The van der Waals surface area contributed by atoms with Gasteiger partial charge in [0.1, 0.15) is 41.3 Å². The van der Waals surface area contributed by atoms with Gasteiger partial charge in [-0.05, 0) is 57.1 Å². The van der Waals surface area contributed by atoms with E-state index in [4.69, 9.17) is 7.48 Å². The fraction of sp³-hybridized carbons (Fsp3) is 0.567. The Morgan fingerprint density at radius 3 is 2.80 bits per heavy atom. The molecule has 1 aromatic carbocycles. The molecular formula is C30H33F3N6O2. The standard InChI is InChI=1S/C30H33F3N6O2/c31-17-10-30(6-1-7-38(30)13-17)15-41-29-36-27-22(28(37-29)39-14-18-4-5-19(39)11-34-18)12-35-26(25(27)33)21-8-20(40)9-23(32)24(21)16-2-3-16/h8-9,12,16-19,34,40H,1-7,10-11,13-15H2/t17-,18?,19?,30+/m1/s1/i15D2. The molecule has 216 valence electrons. The summed E-state index contributed by atoms with van der Waals surface area (Å²) in [5, 5.41) is 14.0. The summed E-state index contributed by atoms with van der Waals surface area (Å²) in [6.45, 7) is -0.284. The van der Waals surface area contributed by atoms with Crippen molar-refractivity contribution in [1.29, 1.82) is 0 Å². The highest BCUT2D eigenvalue weighted by Gasteiger charge is 2.49. The molecule has 4 atom stereocenters. The molecule has 5 aliphatic heterocycles. The smallest absolute Gasteiger partial charge is 0.319 e. The summed E-state index contributed by atoms with van der Waals surface area (Å²) in [6, 6.07) is 2.32. The summed E-state index contributed by atoms with van der Waals surface area (Å²) < 4.78 is 70.1. The van der Waals surface area contributed by atoms with Crippen molar-refractivity contribution in [1.82, 2.24) is 25.2 Å². The molecule has 8 nitrogen and oxygen atoms in total. The molecule has 41 heavy (non-hydrogen) atoms. The number of benzene rings is 1. The van der Waals surface area contributed by atoms with E-state index in [0.717, 1.165) is 44.7 Å². The van der Waals surface area contributed by atoms with Gasteiger partial charge in [-0.2, -0.15) is 9.97 Å². The summed E-state index contributed by atoms with van der Waals surface area (Å²) in [6.07, 6.45) is 4.88. The second-order valence-corrected chi connectivity index (χ2v) is 12.3. The highest BCUT2D eigenvalue weighted by Crippen LogP contribution is 2.47. The van der Waals surface area contributed by atoms with Crippen LogP contribution < -0.4 is 15.0 Å². The van der Waals surface area contributed by atoms with Gasteiger partial charge in [0.2, 0.25) is 0 Å². The van der Waals surface area contributed by atoms with Gasteiger partial charge in [-0.1, -0.05) is 0 Å². The molecule has 2 N–H and O–H groups in total. The SMILES string of the molecule is [2H]C([2H])(Oc1nc(N2CC3CCC2CN3)c2cnc(-c3cc(O)cc(F)c3C3CC3)c(F)c2n1)[C@@]12CCCN1C[C@H](F)C2. The van der Waals surface area contributed by atoms with E-state index in [-0.39, 0.29) is 59.5 Å². The maximum Gasteiger partial charge on any atom is 0.319 e. The summed E-state index contributed by atoms with van der Waals surface area (Å²) in [5.41, 5.74) is -0.969. The third kappa shape index (κ3) is 4.22. The summed E-state index contributed by atoms with van der Waals surface area (Å²) in [5.74, 6) is -1.47. The number of phenolic OH excluding ortho intramolecular Hbond substituents is 1. The van der Waals surface area contributed by atoms with E-state index in [9.17, 15) is 9.50 Å². The molecule has 2 aromatic heterocycles. The van der Waals surface area contributed by atoms with Crippen LogP contribution in [0.5, 0.6) is 11.8 Å². The van der Waals surface area contributed by atoms with Crippen LogP contribution in [0.15, 0.2) is 18.3 Å². The minimum absolute atomic E-state index is 0.00256. The number of aromatic nitrogens is 3. The van der Waals surface area contributed by atoms with Gasteiger partial charge >= 0.3 is 6.01 Å². The lowest BCUT2D eigenvalue weighted by atomic mass is 9.93. The number of nitrogens with one attached hydrogen (secondary N) is 1. The fourth-order valence-corrected chi connectivity index (χ4v) is 7.43. The number of aromatic hydroxyl groups is 1. The molecule has 2 bridgehead atoms. The van der Waals surface area contributed by atoms with Gasteiger partial charge in [-0.25, -0.2) is 13.2 Å². The molecule has 6 fully saturated rings. The molecular weight excluding hydrogens is 533 g/mol. The number of anilines is 1. The van der Waals surface area contributed by atoms with Crippen molar-refractivity contribution in [2.75, 3.05) is 37.6 Å². The van der Waals surface area contributed by atoms with Crippen LogP contribution in [0.2, 0.25) is 0 Å². The molecule has 2 unspecified atom stereocenters. The Hall–Kier alpha value is -3.18. The number of pyridine rings is 1. The number of alkyl halides is 1. The normalized spacial score (nSPS) is 30.5. The molecule has 0 spiro atoms. The van der Waals surface area contributed by atoms with Gasteiger partial charge in [-0.15, -0.1) is 0 Å². The van der Waals surface area contributed by atoms with E-state index in [0.29, 0.717) is 36.3 Å². The summed E-state index contributed by atoms with van der Waals surface area (Å²) >= 11 is 0. The van der Waals surface area contributed by atoms with Crippen LogP contribution >= 0.6 is 0 Å². The Labute approximate surface area is 238 Å². The minimum atomic E-state index is -2.35. The molecule has 5 saturated heterocycles. The topological polar surface area (TPSA) is 86.6 Å². The molecule has 3 aromatic rings. The summed E-state index contributed by atoms with van der Waals surface area (Å²) in [4.78, 5) is 17.4. The number of phenols is 1. The van der Waals surface area contributed by atoms with E-state index in [1.807, 2.05) is 4.90 Å². The molecule has 0 amide bonds. The first-order chi connectivity index (χ1) is 20.6. The molecule has 1 aliphatic carbocycles. The Balaban J connectivity index is 1.28. The highest BCUT2D eigenvalue weighted by atomic mass is 19.1. The molecule has 0 radical (unpaired) electrons. The lowest BCUT2D eigenvalue weighted by molar-refractivity contribution is 0.107. The van der Waals surface area contributed by atoms with Crippen molar-refractivity contribution in [3.05, 3.63) is 35.5 Å². The average molecular weight is 569 g/mol. The van der Waals surface area contributed by atoms with Gasteiger partial charge in [0.25, 0.3) is 0 Å². The number of nitrogens with zero attached hydrogens (tertiary/aromatic N) is 5. The molecule has 9 rings (SSSR count). The number of halogens is 3. The van der Waals surface area contributed by atoms with Crippen molar-refractivity contribution in [2.24, 2.45) is 0 Å². The fourth-order valence-electron chi connectivity index (χ4n) is 7.43. The first kappa shape index (κ1) is 23.4. The predicted octanol–water partition coefficient (Wildman–Crippen LogP) is 4.45. The van der Waals surface area contributed by atoms with Gasteiger partial charge in [0.05, 0.1) is 13.7 Å². The lowest BCUT2D eigenvalue weighted by Gasteiger charge is -2.46. The monoisotopic (exact) mass is 568 g/mol. The van der Waals surface area contributed by atoms with Crippen LogP contribution in [0.1, 0.15) is 59.2 Å². The van der Waals surface area contributed by atoms with Crippen molar-refractivity contribution < 1.29 is 25.8 Å². The molecule has 6 aliphatic rings. The van der Waals surface area contributed by atoms with Crippen LogP contribution in [0.3, 0.4) is 0 Å². The number of rotatable bonds is 6. The lowest BCUT2D eigenvalue weighted by Crippen LogP contribution is -2.61. The highest BCUT2D eigenvalue weighted by molar-refractivity contribution is 5.92. The third-order valence-electron chi connectivity index (χ3n) is 9.55. The Morgan fingerprint density at radius 2 is 2.05 bits per heavy atom. The van der Waals surface area contributed by atoms with Crippen molar-refractivity contribution >= 4 is 16.7 Å². The van der Waals surface area contributed by atoms with E-state index < -0.39 is 29.9 Å². The third-order valence-corrected chi connectivity index (χ3v) is 9.55. The van der Waals surface area contributed by atoms with Crippen LogP contribution in [0.25, 0.3) is 22.2 Å². The number of fused-ring (bicyclic) bond motifs is 5. The number of piperidine rings is 2. The average Bonchev–Trinajstić information content (AvgIpc) is 3.63. The predicted molar refractivity (Wildman–Crippen MR) is 147 cm³/mol. The van der Waals surface area contributed by atoms with Gasteiger partial charge < -0.3 is 20.1 Å². The quantitative estimate of drug-likeness (QED) is 0.451. The largest absolute Gasteiger partial charge is 0.508 e. The van der Waals surface area contributed by atoms with Crippen LogP contribution in [-0.2, 0) is 0 Å².